The number of anilines is 6. The summed E-state index contributed by atoms with van der Waals surface area (Å²) in [6.07, 6.45) is 5.51. The number of nitrogens with zero attached hydrogens (tertiary/aromatic N) is 8. The first kappa shape index (κ1) is 41.5. The molecule has 1 unspecified atom stereocenters. The molecule has 5 aromatic rings. The molecule has 3 aliphatic rings. The number of benzene rings is 3. The van der Waals surface area contributed by atoms with Gasteiger partial charge in [-0.25, -0.2) is 0 Å². The van der Waals surface area contributed by atoms with Crippen LogP contribution in [0, 0.1) is 0 Å². The maximum atomic E-state index is 13.7. The smallest absolute Gasteiger partial charge is 0.295 e. The molecule has 3 aromatic carbocycles. The van der Waals surface area contributed by atoms with E-state index in [0.717, 1.165) is 0 Å². The molecule has 2 aliphatic heterocycles. The molecule has 19 nitrogen and oxygen atoms in total. The standard InChI is InChI=1S/C40H41N11O8S2/c41-33-32(61(55,56)57)28(16-15-27-9-7-8-14-31(27)60(52,53)54)17-18-40(33,34-44-36(42-29-10-3-1-4-11-29)48-38(46-34)50-19-23-58-24-20-50)35-45-37(43-30-12-5-2-6-13-30)49-39(47-35)51-21-25-59-26-22-51/h1-18,33H,19-26,41H2,(H,52,53,54)(H,55,56,57)(H,42,44,46,48)(H,43,45,47,49). The van der Waals surface area contributed by atoms with Gasteiger partial charge >= 0.3 is 0 Å². The van der Waals surface area contributed by atoms with Crippen LogP contribution in [0.5, 0.6) is 0 Å². The van der Waals surface area contributed by atoms with E-state index < -0.39 is 41.5 Å². The van der Waals surface area contributed by atoms with Crippen LogP contribution in [0.15, 0.2) is 119 Å². The predicted octanol–water partition coefficient (Wildman–Crippen LogP) is 3.50. The Balaban J connectivity index is 1.38. The van der Waals surface area contributed by atoms with E-state index in [1.165, 1.54) is 36.4 Å². The Bertz CT molecular complexity index is 2600. The van der Waals surface area contributed by atoms with Crippen LogP contribution in [-0.2, 0) is 35.1 Å². The van der Waals surface area contributed by atoms with Crippen LogP contribution in [0.4, 0.5) is 35.2 Å². The number of para-hydroxylation sites is 2. The number of aromatic nitrogens is 6. The van der Waals surface area contributed by atoms with Gasteiger partial charge in [-0.15, -0.1) is 0 Å². The van der Waals surface area contributed by atoms with Crippen LogP contribution in [0.25, 0.3) is 6.08 Å². The topological polar surface area (TPSA) is 261 Å². The number of hydrogen-bond donors (Lipinski definition) is 5. The first-order valence-electron chi connectivity index (χ1n) is 19.1. The van der Waals surface area contributed by atoms with Gasteiger partial charge in [0, 0.05) is 37.6 Å². The van der Waals surface area contributed by atoms with Crippen molar-refractivity contribution < 1.29 is 35.4 Å². The molecule has 2 saturated heterocycles. The summed E-state index contributed by atoms with van der Waals surface area (Å²) in [5, 5.41) is 6.45. The molecule has 8 rings (SSSR count). The van der Waals surface area contributed by atoms with Crippen molar-refractivity contribution in [3.63, 3.8) is 0 Å². The molecule has 2 aromatic heterocycles. The molecule has 0 saturated carbocycles. The van der Waals surface area contributed by atoms with Crippen molar-refractivity contribution in [3.05, 3.63) is 131 Å². The summed E-state index contributed by atoms with van der Waals surface area (Å²) in [4.78, 5) is 31.9. The number of morpholine rings is 2. The molecule has 6 N–H and O–H groups in total. The molecule has 1 atom stereocenters. The van der Waals surface area contributed by atoms with Gasteiger partial charge in [-0.1, -0.05) is 78.9 Å². The van der Waals surface area contributed by atoms with Gasteiger partial charge in [0.15, 0.2) is 11.6 Å². The number of hydrogen-bond acceptors (Lipinski definition) is 17. The molecular weight excluding hydrogens is 827 g/mol. The summed E-state index contributed by atoms with van der Waals surface area (Å²) < 4.78 is 84.0. The third-order valence-corrected chi connectivity index (χ3v) is 12.1. The largest absolute Gasteiger partial charge is 0.378 e. The Kier molecular flexibility index (Phi) is 11.9. The van der Waals surface area contributed by atoms with Gasteiger partial charge in [-0.3, -0.25) is 9.11 Å². The maximum absolute atomic E-state index is 13.7. The highest BCUT2D eigenvalue weighted by Gasteiger charge is 2.52. The summed E-state index contributed by atoms with van der Waals surface area (Å²) in [5.74, 6) is 0.484. The van der Waals surface area contributed by atoms with Gasteiger partial charge in [0.25, 0.3) is 20.2 Å². The fourth-order valence-corrected chi connectivity index (χ4v) is 8.75. The van der Waals surface area contributed by atoms with Crippen LogP contribution < -0.4 is 26.2 Å². The quantitative estimate of drug-likeness (QED) is 0.112. The molecule has 0 spiro atoms. The van der Waals surface area contributed by atoms with Gasteiger partial charge in [-0.05, 0) is 41.5 Å². The minimum Gasteiger partial charge on any atom is -0.378 e. The minimum absolute atomic E-state index is 0.0412. The van der Waals surface area contributed by atoms with Gasteiger partial charge < -0.3 is 35.6 Å². The Morgan fingerprint density at radius 3 is 1.59 bits per heavy atom. The van der Waals surface area contributed by atoms with Gasteiger partial charge in [0.05, 0.1) is 37.4 Å². The van der Waals surface area contributed by atoms with E-state index in [1.807, 2.05) is 70.5 Å². The number of nitrogens with one attached hydrogen (secondary N) is 2. The highest BCUT2D eigenvalue weighted by Crippen LogP contribution is 2.43. The second-order valence-corrected chi connectivity index (χ2v) is 16.8. The molecule has 21 heteroatoms. The molecular formula is C40H41N11O8S2. The zero-order valence-electron chi connectivity index (χ0n) is 32.4. The molecule has 1 aliphatic carbocycles. The molecule has 4 heterocycles. The Morgan fingerprint density at radius 1 is 0.639 bits per heavy atom. The Labute approximate surface area is 351 Å². The third-order valence-electron chi connectivity index (χ3n) is 10.1. The van der Waals surface area contributed by atoms with Crippen molar-refractivity contribution in [1.82, 2.24) is 29.9 Å². The van der Waals surface area contributed by atoms with Gasteiger partial charge in [0.1, 0.15) is 10.3 Å². The highest BCUT2D eigenvalue weighted by atomic mass is 32.2. The lowest BCUT2D eigenvalue weighted by molar-refractivity contribution is 0.122. The van der Waals surface area contributed by atoms with Crippen molar-refractivity contribution in [3.8, 4) is 0 Å². The lowest BCUT2D eigenvalue weighted by Gasteiger charge is -2.38. The van der Waals surface area contributed by atoms with Gasteiger partial charge in [0.2, 0.25) is 23.8 Å². The normalized spacial score (nSPS) is 18.4. The van der Waals surface area contributed by atoms with Gasteiger partial charge in [-0.2, -0.15) is 46.7 Å². The number of ether oxygens (including phenoxy) is 2. The number of rotatable bonds is 12. The van der Waals surface area contributed by atoms with Crippen LogP contribution in [-0.4, -0.2) is 114 Å². The SMILES string of the molecule is NC1C(S(=O)(=O)O)=C(C=Cc2ccccc2S(=O)(=O)O)C=CC1(c1nc(Nc2ccccc2)nc(N2CCOCC2)n1)c1nc(Nc2ccccc2)nc(N2CCOCC2)n1. The zero-order chi connectivity index (χ0) is 42.6. The minimum atomic E-state index is -5.18. The predicted molar refractivity (Wildman–Crippen MR) is 227 cm³/mol. The summed E-state index contributed by atoms with van der Waals surface area (Å²) in [7, 11) is -9.84. The van der Waals surface area contributed by atoms with E-state index in [0.29, 0.717) is 64.0 Å². The number of nitrogens with two attached hydrogens (primary N) is 1. The summed E-state index contributed by atoms with van der Waals surface area (Å²) in [6.45, 7) is 3.28. The fraction of sp³-hybridized carbons (Fsp3) is 0.250. The average molecular weight is 868 g/mol. The summed E-state index contributed by atoms with van der Waals surface area (Å²) in [5.41, 5.74) is 6.46. The molecule has 2 fully saturated rings. The van der Waals surface area contributed by atoms with E-state index in [4.69, 9.17) is 45.1 Å². The van der Waals surface area contributed by atoms with E-state index in [-0.39, 0.29) is 46.6 Å². The first-order chi connectivity index (χ1) is 29.4. The van der Waals surface area contributed by atoms with Crippen molar-refractivity contribution in [2.75, 3.05) is 73.0 Å². The molecule has 61 heavy (non-hydrogen) atoms. The molecule has 0 amide bonds. The van der Waals surface area contributed by atoms with E-state index in [2.05, 4.69) is 10.6 Å². The van der Waals surface area contributed by atoms with E-state index >= 15 is 0 Å². The monoisotopic (exact) mass is 867 g/mol. The van der Waals surface area contributed by atoms with Crippen LogP contribution >= 0.6 is 0 Å². The third kappa shape index (κ3) is 9.12. The summed E-state index contributed by atoms with van der Waals surface area (Å²) >= 11 is 0. The highest BCUT2D eigenvalue weighted by molar-refractivity contribution is 7.90. The average Bonchev–Trinajstić information content (AvgIpc) is 3.26. The van der Waals surface area contributed by atoms with E-state index in [9.17, 15) is 25.9 Å². The Morgan fingerprint density at radius 2 is 1.11 bits per heavy atom. The molecule has 0 radical (unpaired) electrons. The number of allylic oxidation sites excluding steroid dienone is 3. The lowest BCUT2D eigenvalue weighted by Crippen LogP contribution is -2.52. The van der Waals surface area contributed by atoms with Crippen molar-refractivity contribution in [1.29, 1.82) is 0 Å². The van der Waals surface area contributed by atoms with Crippen molar-refractivity contribution in [2.24, 2.45) is 5.73 Å². The Hall–Kier alpha value is -6.20. The van der Waals surface area contributed by atoms with Crippen molar-refractivity contribution in [2.45, 2.75) is 16.4 Å². The second kappa shape index (κ2) is 17.4. The zero-order valence-corrected chi connectivity index (χ0v) is 34.1. The fourth-order valence-electron chi connectivity index (χ4n) is 7.12. The molecule has 316 valence electrons. The van der Waals surface area contributed by atoms with Crippen LogP contribution in [0.1, 0.15) is 17.2 Å². The lowest BCUT2D eigenvalue weighted by atomic mass is 9.74. The maximum Gasteiger partial charge on any atom is 0.295 e. The second-order valence-electron chi connectivity index (χ2n) is 14.1. The van der Waals surface area contributed by atoms with Crippen molar-refractivity contribution >= 4 is 61.5 Å². The molecule has 0 bridgehead atoms. The summed E-state index contributed by atoms with van der Waals surface area (Å²) in [6, 6.07) is 22.2. The van der Waals surface area contributed by atoms with Crippen LogP contribution in [0.3, 0.4) is 0 Å². The first-order valence-corrected chi connectivity index (χ1v) is 22.0. The van der Waals surface area contributed by atoms with E-state index in [1.54, 1.807) is 12.1 Å². The van der Waals surface area contributed by atoms with Crippen LogP contribution in [0.2, 0.25) is 0 Å².